The number of nitrogens with one attached hydrogen (secondary N) is 3. The minimum atomic E-state index is -3.70. The number of nitrogens with zero attached hydrogens (tertiary/aromatic N) is 5. The molecule has 1 aromatic carbocycles. The lowest BCUT2D eigenvalue weighted by Crippen LogP contribution is -2.61. The van der Waals surface area contributed by atoms with Crippen molar-refractivity contribution in [3.8, 4) is 5.75 Å². The Morgan fingerprint density at radius 3 is 1.29 bits per heavy atom. The maximum absolute atomic E-state index is 13.8. The topological polar surface area (TPSA) is 317 Å². The summed E-state index contributed by atoms with van der Waals surface area (Å²) >= 11 is 0. The Hall–Kier alpha value is -5.18. The highest BCUT2D eigenvalue weighted by molar-refractivity contribution is 7.89. The molecule has 2 saturated carbocycles. The minimum Gasteiger partial charge on any atom is -0.467 e. The molecule has 2 aliphatic carbocycles. The van der Waals surface area contributed by atoms with Gasteiger partial charge in [-0.15, -0.1) is 0 Å². The molecule has 86 heavy (non-hydrogen) atoms. The first-order chi connectivity index (χ1) is 38.4. The maximum atomic E-state index is 13.8. The summed E-state index contributed by atoms with van der Waals surface area (Å²) in [6, 6.07) is 0.0365. The van der Waals surface area contributed by atoms with Crippen LogP contribution in [0.4, 0.5) is 15.3 Å². The number of carbonyl (C=O) groups excluding carboxylic acids is 6. The third-order valence-electron chi connectivity index (χ3n) is 17.8. The summed E-state index contributed by atoms with van der Waals surface area (Å²) in [6.07, 6.45) is -0.869. The van der Waals surface area contributed by atoms with Gasteiger partial charge in [0.15, 0.2) is 0 Å². The number of non-ortho nitro benzene ring substituents is 1. The highest BCUT2D eigenvalue weighted by Crippen LogP contribution is 2.66. The highest BCUT2D eigenvalue weighted by Gasteiger charge is 2.71. The highest BCUT2D eigenvalue weighted by atomic mass is 32.2. The molecule has 4 aliphatic rings. The fourth-order valence-corrected chi connectivity index (χ4v) is 15.0. The molecule has 5 rings (SSSR count). The normalized spacial score (nSPS) is 23.1. The number of likely N-dealkylation sites (tertiary alicyclic amines) is 2. The van der Waals surface area contributed by atoms with Gasteiger partial charge in [-0.2, -0.15) is 8.61 Å². The number of nitrogens with two attached hydrogens (primary N) is 1. The lowest BCUT2D eigenvalue weighted by atomic mass is 9.85. The Morgan fingerprint density at radius 2 is 0.977 bits per heavy atom. The van der Waals surface area contributed by atoms with Gasteiger partial charge in [0.25, 0.3) is 5.69 Å². The van der Waals surface area contributed by atoms with Gasteiger partial charge in [0, 0.05) is 68.3 Å². The van der Waals surface area contributed by atoms with E-state index in [2.05, 4.69) is 43.6 Å². The number of methoxy groups -OCH3 is 2. The number of sulfonamides is 2. The third-order valence-corrected chi connectivity index (χ3v) is 22.1. The van der Waals surface area contributed by atoms with E-state index in [1.165, 1.54) is 59.0 Å². The molecule has 24 nitrogen and oxygen atoms in total. The Labute approximate surface area is 513 Å². The molecule has 10 atom stereocenters. The van der Waals surface area contributed by atoms with Crippen LogP contribution in [0, 0.1) is 66.3 Å². The molecule has 0 spiro atoms. The summed E-state index contributed by atoms with van der Waals surface area (Å²) < 4.78 is 68.4. The molecule has 0 bridgehead atoms. The first-order valence-corrected chi connectivity index (χ1v) is 32.4. The Bertz CT molecular complexity index is 2870. The number of nitro benzene ring substituents is 1. The number of benzene rings is 1. The number of ether oxygens (including phenoxy) is 3. The van der Waals surface area contributed by atoms with Gasteiger partial charge in [0.2, 0.25) is 31.9 Å². The molecule has 492 valence electrons. The first-order valence-electron chi connectivity index (χ1n) is 29.2. The molecule has 2 heterocycles. The zero-order chi connectivity index (χ0) is 67.2. The van der Waals surface area contributed by atoms with Crippen LogP contribution in [0.2, 0.25) is 0 Å². The van der Waals surface area contributed by atoms with E-state index in [0.717, 1.165) is 0 Å². The number of hydrogen-bond acceptors (Lipinski definition) is 16. The smallest absolute Gasteiger partial charge is 0.413 e. The van der Waals surface area contributed by atoms with Crippen LogP contribution in [0.15, 0.2) is 24.3 Å². The zero-order valence-corrected chi connectivity index (χ0v) is 57.8. The minimum absolute atomic E-state index is 0.00965. The number of urea groups is 1. The van der Waals surface area contributed by atoms with Gasteiger partial charge < -0.3 is 45.7 Å². The monoisotopic (exact) mass is 1260 g/mol. The van der Waals surface area contributed by atoms with Crippen LogP contribution in [0.5, 0.6) is 5.75 Å². The van der Waals surface area contributed by atoms with E-state index in [4.69, 9.17) is 19.9 Å². The molecule has 6 unspecified atom stereocenters. The molecule has 1 aromatic rings. The molecule has 5 N–H and O–H groups in total. The summed E-state index contributed by atoms with van der Waals surface area (Å²) in [6.45, 7) is 42.5. The van der Waals surface area contributed by atoms with Gasteiger partial charge in [-0.25, -0.2) is 36.0 Å². The largest absolute Gasteiger partial charge is 0.467 e. The molecule has 0 aromatic heterocycles. The second kappa shape index (κ2) is 26.1. The predicted octanol–water partition coefficient (Wildman–Crippen LogP) is 7.00. The van der Waals surface area contributed by atoms with Crippen LogP contribution in [0.1, 0.15) is 152 Å². The summed E-state index contributed by atoms with van der Waals surface area (Å²) in [7, 11) is -1.24. The van der Waals surface area contributed by atoms with Crippen molar-refractivity contribution in [2.75, 3.05) is 52.9 Å². The lowest BCUT2D eigenvalue weighted by molar-refractivity contribution is -0.384. The van der Waals surface area contributed by atoms with Gasteiger partial charge >= 0.3 is 24.1 Å². The number of carbonyl (C=O) groups is 6. The molecule has 26 heteroatoms. The van der Waals surface area contributed by atoms with Gasteiger partial charge in [0.1, 0.15) is 29.9 Å². The fourth-order valence-electron chi connectivity index (χ4n) is 10.9. The van der Waals surface area contributed by atoms with E-state index < -0.39 is 107 Å². The summed E-state index contributed by atoms with van der Waals surface area (Å²) in [4.78, 5) is 91.5. The average Bonchev–Trinajstić information content (AvgIpc) is 1.54. The van der Waals surface area contributed by atoms with Gasteiger partial charge in [-0.1, -0.05) is 111 Å². The van der Waals surface area contributed by atoms with E-state index in [1.807, 2.05) is 83.1 Å². The summed E-state index contributed by atoms with van der Waals surface area (Å²) in [5, 5.41) is 19.0. The quantitative estimate of drug-likeness (QED) is 0.0780. The molecular formula is C60H105N9O15S2. The molecule has 5 amide bonds. The fraction of sp³-hybridized carbons (Fsp3) is 0.800. The van der Waals surface area contributed by atoms with Crippen LogP contribution in [-0.2, 0) is 48.7 Å². The van der Waals surface area contributed by atoms with E-state index in [-0.39, 0.29) is 80.7 Å². The summed E-state index contributed by atoms with van der Waals surface area (Å²) in [5.74, 6) is -1.41. The van der Waals surface area contributed by atoms with Crippen molar-refractivity contribution in [3.05, 3.63) is 34.4 Å². The van der Waals surface area contributed by atoms with Crippen LogP contribution in [0.25, 0.3) is 0 Å². The average molecular weight is 1260 g/mol. The Kier molecular flexibility index (Phi) is 22.8. The van der Waals surface area contributed by atoms with Crippen molar-refractivity contribution in [2.45, 2.75) is 200 Å². The van der Waals surface area contributed by atoms with Crippen molar-refractivity contribution in [1.29, 1.82) is 0 Å². The number of esters is 2. The first kappa shape index (κ1) is 75.1. The SMILES string of the molecule is CN(C(C)(C)C)S(=O)(=O)C[C@@H](N)C(C)(C)C.COC(=O)[C@@H]1C2C(CN1C(=O)C(NC(=O)N[C@H](CS(=O)(=O)N(C)C(C)(C)C)C(C)(C)C)C(C)(C)C)C2(C)C.COC(=O)[C@@H]1C2C(CN1C(=O)C(NC(=O)Oc1ccc([N+](=O)[O-])cc1)C(C)(C)C)C2(C)C. The van der Waals surface area contributed by atoms with Gasteiger partial charge in [-0.3, -0.25) is 19.7 Å². The molecular weight excluding hydrogens is 1150 g/mol. The van der Waals surface area contributed by atoms with Gasteiger partial charge in [-0.05, 0) is 98.0 Å². The number of hydrogen-bond donors (Lipinski definition) is 4. The molecule has 0 radical (unpaired) electrons. The van der Waals surface area contributed by atoms with Crippen LogP contribution < -0.4 is 26.4 Å². The van der Waals surface area contributed by atoms with Crippen LogP contribution >= 0.6 is 0 Å². The van der Waals surface area contributed by atoms with Crippen molar-refractivity contribution >= 4 is 61.6 Å². The second-order valence-corrected chi connectivity index (χ2v) is 35.1. The number of amides is 5. The van der Waals surface area contributed by atoms with E-state index in [0.29, 0.717) is 13.1 Å². The molecule has 2 saturated heterocycles. The predicted molar refractivity (Wildman–Crippen MR) is 330 cm³/mol. The van der Waals surface area contributed by atoms with E-state index in [9.17, 15) is 55.7 Å². The van der Waals surface area contributed by atoms with Crippen molar-refractivity contribution in [1.82, 2.24) is 34.4 Å². The van der Waals surface area contributed by atoms with E-state index in [1.54, 1.807) is 53.5 Å². The second-order valence-electron chi connectivity index (χ2n) is 31.1. The third kappa shape index (κ3) is 18.0. The maximum Gasteiger partial charge on any atom is 0.413 e. The number of piperidine rings is 2. The Morgan fingerprint density at radius 1 is 0.616 bits per heavy atom. The van der Waals surface area contributed by atoms with E-state index >= 15 is 0 Å². The molecule has 4 fully saturated rings. The number of rotatable bonds is 15. The van der Waals surface area contributed by atoms with Crippen molar-refractivity contribution in [3.63, 3.8) is 0 Å². The van der Waals surface area contributed by atoms with Crippen LogP contribution in [-0.4, -0.2) is 176 Å². The van der Waals surface area contributed by atoms with Crippen LogP contribution in [0.3, 0.4) is 0 Å². The molecule has 2 aliphatic heterocycles. The lowest BCUT2D eigenvalue weighted by Gasteiger charge is -2.38. The number of fused-ring (bicyclic) bond motifs is 2. The van der Waals surface area contributed by atoms with Gasteiger partial charge in [0.05, 0.1) is 36.7 Å². The van der Waals surface area contributed by atoms with Crippen molar-refractivity contribution in [2.24, 2.45) is 61.9 Å². The Balaban J connectivity index is 0.000000364. The number of nitro groups is 1. The standard InChI is InChI=1S/C27H50N4O6S.C22H29N3O7.C11H26N2O2S/c1-24(2,3)17(15-38(35,36)30(12)26(7,8)9)28-23(34)29-20(25(4,5)6)21(32)31-14-16-18(27(16,10)11)19(31)22(33)37-13;1-21(2,3)17(23-20(28)32-13-9-7-12(8-10-13)25(29)30)18(26)24-11-14-15(22(14,4)5)16(24)19(27)31-6;1-10(2,3)9(12)8-16(14,15)13(7)11(4,5)6/h16-20H,14-15H2,1-13H3,(H2,28,29,34);7-10,14-17H,11H2,1-6H3,(H,23,28);9H,8,12H2,1-7H3/t16?,17-,18?,19+,20?;14?,15?,16-,17?;9-/m101/s1. The summed E-state index contributed by atoms with van der Waals surface area (Å²) in [5.41, 5.74) is 2.53. The van der Waals surface area contributed by atoms with Crippen molar-refractivity contribution < 1.29 is 64.7 Å². The zero-order valence-electron chi connectivity index (χ0n) is 56.2.